The van der Waals surface area contributed by atoms with Gasteiger partial charge < -0.3 is 30.5 Å². The van der Waals surface area contributed by atoms with Crippen molar-refractivity contribution in [2.45, 2.75) is 84.2 Å². The van der Waals surface area contributed by atoms with Crippen molar-refractivity contribution < 1.29 is 38.6 Å². The zero-order valence-corrected chi connectivity index (χ0v) is 27.0. The van der Waals surface area contributed by atoms with E-state index in [-0.39, 0.29) is 24.3 Å². The molecule has 5 amide bonds. The number of benzene rings is 2. The Bertz CT molecular complexity index is 1280. The second-order valence-corrected chi connectivity index (χ2v) is 12.2. The van der Waals surface area contributed by atoms with Gasteiger partial charge in [0.05, 0.1) is 25.8 Å². The predicted octanol–water partition coefficient (Wildman–Crippen LogP) is 3.43. The van der Waals surface area contributed by atoms with Crippen molar-refractivity contribution in [3.63, 3.8) is 0 Å². The summed E-state index contributed by atoms with van der Waals surface area (Å²) in [6, 6.07) is 13.1. The number of carbonyl (C=O) groups excluding carboxylic acids is 5. The zero-order valence-electron chi connectivity index (χ0n) is 27.0. The summed E-state index contributed by atoms with van der Waals surface area (Å²) in [5, 5.41) is 19.3. The van der Waals surface area contributed by atoms with Crippen molar-refractivity contribution in [2.24, 2.45) is 5.92 Å². The number of amides is 5. The maximum Gasteiger partial charge on any atom is 0.407 e. The van der Waals surface area contributed by atoms with Crippen LogP contribution in [0.25, 0.3) is 0 Å². The fourth-order valence-corrected chi connectivity index (χ4v) is 4.40. The van der Waals surface area contributed by atoms with E-state index in [1.165, 1.54) is 26.2 Å². The number of ether oxygens (including phenoxy) is 2. The number of methoxy groups -OCH3 is 1. The lowest BCUT2D eigenvalue weighted by Crippen LogP contribution is -2.58. The van der Waals surface area contributed by atoms with Crippen LogP contribution in [0.4, 0.5) is 9.59 Å². The molecule has 2 rings (SSSR count). The topological polar surface area (TPSA) is 163 Å². The number of hydrogen-bond donors (Lipinski definition) is 4. The van der Waals surface area contributed by atoms with Crippen molar-refractivity contribution in [3.05, 3.63) is 71.8 Å². The number of aliphatic hydroxyl groups is 1. The van der Waals surface area contributed by atoms with Gasteiger partial charge in [-0.3, -0.25) is 14.5 Å². The van der Waals surface area contributed by atoms with Gasteiger partial charge in [0, 0.05) is 5.56 Å². The molecule has 0 spiro atoms. The summed E-state index contributed by atoms with van der Waals surface area (Å²) in [5.41, 5.74) is 0.152. The number of esters is 1. The molecule has 0 radical (unpaired) electrons. The van der Waals surface area contributed by atoms with Gasteiger partial charge in [-0.2, -0.15) is 0 Å². The second-order valence-electron chi connectivity index (χ2n) is 12.2. The van der Waals surface area contributed by atoms with E-state index in [2.05, 4.69) is 20.7 Å². The van der Waals surface area contributed by atoms with E-state index in [9.17, 15) is 29.1 Å². The van der Waals surface area contributed by atoms with E-state index in [0.29, 0.717) is 0 Å². The zero-order chi connectivity index (χ0) is 33.7. The summed E-state index contributed by atoms with van der Waals surface area (Å²) >= 11 is 0. The number of nitrogens with one attached hydrogen (secondary N) is 3. The van der Waals surface area contributed by atoms with E-state index in [1.807, 2.05) is 44.2 Å². The van der Waals surface area contributed by atoms with Crippen LogP contribution in [0.1, 0.15) is 63.9 Å². The number of urea groups is 1. The summed E-state index contributed by atoms with van der Waals surface area (Å²) in [5.74, 6) is -2.08. The maximum atomic E-state index is 13.8. The average Bonchev–Trinajstić information content (AvgIpc) is 2.97. The third kappa shape index (κ3) is 12.6. The summed E-state index contributed by atoms with van der Waals surface area (Å²) in [6.45, 7) is 9.73. The van der Waals surface area contributed by atoms with Crippen LogP contribution < -0.4 is 16.0 Å². The van der Waals surface area contributed by atoms with E-state index < -0.39 is 66.3 Å². The number of carbonyl (C=O) groups is 5. The van der Waals surface area contributed by atoms with Crippen LogP contribution in [0.2, 0.25) is 0 Å². The standard InChI is InChI=1S/C33H46N4O8/c1-21(2)18-26(28(39)34-22(3)30(41)44-7)35-31(42)37(29(40)24-16-12-9-13-17-24)20-27(38)25(19-23-14-10-8-11-15-23)36-32(43)45-33(4,5)6/h8-17,21-22,25-27,38H,18-20H2,1-7H3,(H,34,39)(H,35,42)(H,36,43)/t22-,25-,26-,27-/m1/s1. The van der Waals surface area contributed by atoms with Gasteiger partial charge >= 0.3 is 18.1 Å². The lowest BCUT2D eigenvalue weighted by molar-refractivity contribution is -0.144. The summed E-state index contributed by atoms with van der Waals surface area (Å²) in [4.78, 5) is 66.0. The van der Waals surface area contributed by atoms with Crippen LogP contribution in [0.5, 0.6) is 0 Å². The van der Waals surface area contributed by atoms with Gasteiger partial charge in [-0.05, 0) is 64.2 Å². The molecule has 0 unspecified atom stereocenters. The van der Waals surface area contributed by atoms with Gasteiger partial charge in [0.2, 0.25) is 5.91 Å². The highest BCUT2D eigenvalue weighted by Crippen LogP contribution is 2.14. The Hall–Kier alpha value is -4.45. The molecule has 0 aromatic heterocycles. The number of nitrogens with zero attached hydrogens (tertiary/aromatic N) is 1. The molecule has 0 aliphatic carbocycles. The molecule has 45 heavy (non-hydrogen) atoms. The van der Waals surface area contributed by atoms with E-state index >= 15 is 0 Å². The maximum absolute atomic E-state index is 13.8. The predicted molar refractivity (Wildman–Crippen MR) is 168 cm³/mol. The minimum Gasteiger partial charge on any atom is -0.467 e. The summed E-state index contributed by atoms with van der Waals surface area (Å²) in [6.07, 6.45) is -1.85. The van der Waals surface area contributed by atoms with Gasteiger partial charge in [0.1, 0.15) is 17.7 Å². The van der Waals surface area contributed by atoms with Crippen LogP contribution >= 0.6 is 0 Å². The third-order valence-corrected chi connectivity index (χ3v) is 6.58. The second kappa shape index (κ2) is 17.1. The molecule has 0 aliphatic rings. The minimum absolute atomic E-state index is 0.0494. The van der Waals surface area contributed by atoms with Gasteiger partial charge in [-0.1, -0.05) is 62.4 Å². The first-order valence-corrected chi connectivity index (χ1v) is 14.9. The minimum atomic E-state index is -1.44. The smallest absolute Gasteiger partial charge is 0.407 e. The molecule has 2 aromatic rings. The Balaban J connectivity index is 2.40. The van der Waals surface area contributed by atoms with Crippen molar-refractivity contribution in [2.75, 3.05) is 13.7 Å². The molecule has 246 valence electrons. The average molecular weight is 627 g/mol. The van der Waals surface area contributed by atoms with Gasteiger partial charge in [-0.25, -0.2) is 14.4 Å². The third-order valence-electron chi connectivity index (χ3n) is 6.58. The molecule has 0 aliphatic heterocycles. The van der Waals surface area contributed by atoms with E-state index in [4.69, 9.17) is 4.74 Å². The first-order chi connectivity index (χ1) is 21.1. The van der Waals surface area contributed by atoms with Gasteiger partial charge in [-0.15, -0.1) is 0 Å². The quantitative estimate of drug-likeness (QED) is 0.246. The monoisotopic (exact) mass is 626 g/mol. The lowest BCUT2D eigenvalue weighted by atomic mass is 10.0. The van der Waals surface area contributed by atoms with Crippen LogP contribution in [0, 0.1) is 5.92 Å². The molecular weight excluding hydrogens is 580 g/mol. The highest BCUT2D eigenvalue weighted by atomic mass is 16.6. The van der Waals surface area contributed by atoms with Gasteiger partial charge in [0.25, 0.3) is 5.91 Å². The summed E-state index contributed by atoms with van der Waals surface area (Å²) < 4.78 is 10.1. The van der Waals surface area contributed by atoms with Crippen LogP contribution in [0.15, 0.2) is 60.7 Å². The lowest BCUT2D eigenvalue weighted by Gasteiger charge is -2.31. The first-order valence-electron chi connectivity index (χ1n) is 14.9. The van der Waals surface area contributed by atoms with Crippen molar-refractivity contribution >= 4 is 29.9 Å². The van der Waals surface area contributed by atoms with E-state index in [1.54, 1.807) is 39.0 Å². The molecule has 0 fully saturated rings. The Labute approximate surface area is 264 Å². The number of alkyl carbamates (subject to hydrolysis) is 1. The molecule has 0 bridgehead atoms. The van der Waals surface area contributed by atoms with Crippen LogP contribution in [-0.2, 0) is 25.5 Å². The number of aliphatic hydroxyl groups excluding tert-OH is 1. The Morgan fingerprint density at radius 3 is 1.98 bits per heavy atom. The molecule has 12 heteroatoms. The molecule has 12 nitrogen and oxygen atoms in total. The first kappa shape index (κ1) is 36.7. The SMILES string of the molecule is COC(=O)[C@@H](C)NC(=O)[C@@H](CC(C)C)NC(=O)N(C[C@@H](O)[C@@H](Cc1ccccc1)NC(=O)OC(C)(C)C)C(=O)c1ccccc1. The van der Waals surface area contributed by atoms with Gasteiger partial charge in [0.15, 0.2) is 0 Å². The fraction of sp³-hybridized carbons (Fsp3) is 0.485. The molecule has 4 N–H and O–H groups in total. The molecule has 0 heterocycles. The van der Waals surface area contributed by atoms with E-state index in [0.717, 1.165) is 10.5 Å². The molecular formula is C33H46N4O8. The largest absolute Gasteiger partial charge is 0.467 e. The van der Waals surface area contributed by atoms with Crippen molar-refractivity contribution in [1.29, 1.82) is 0 Å². The van der Waals surface area contributed by atoms with Crippen LogP contribution in [-0.4, -0.2) is 83.4 Å². The van der Waals surface area contributed by atoms with Crippen LogP contribution in [0.3, 0.4) is 0 Å². The fourth-order valence-electron chi connectivity index (χ4n) is 4.40. The van der Waals surface area contributed by atoms with Crippen molar-refractivity contribution in [1.82, 2.24) is 20.9 Å². The molecule has 0 saturated carbocycles. The highest BCUT2D eigenvalue weighted by molar-refractivity contribution is 6.05. The number of imide groups is 1. The molecule has 4 atom stereocenters. The Morgan fingerprint density at radius 2 is 1.44 bits per heavy atom. The highest BCUT2D eigenvalue weighted by Gasteiger charge is 2.34. The molecule has 2 aromatic carbocycles. The molecule has 0 saturated heterocycles. The number of rotatable bonds is 13. The van der Waals surface area contributed by atoms with Crippen molar-refractivity contribution in [3.8, 4) is 0 Å². The Kier molecular flexibility index (Phi) is 14.0. The Morgan fingerprint density at radius 1 is 0.867 bits per heavy atom. The summed E-state index contributed by atoms with van der Waals surface area (Å²) in [7, 11) is 1.19. The number of hydrogen-bond acceptors (Lipinski definition) is 8. The normalized spacial score (nSPS) is 13.9.